The van der Waals surface area contributed by atoms with Crippen molar-refractivity contribution in [3.63, 3.8) is 0 Å². The van der Waals surface area contributed by atoms with E-state index in [-0.39, 0.29) is 5.78 Å². The molecule has 18 heavy (non-hydrogen) atoms. The van der Waals surface area contributed by atoms with Crippen LogP contribution >= 0.6 is 27.5 Å². The minimum Gasteiger partial charge on any atom is -0.294 e. The molecular formula is C15H12BrClO. The van der Waals surface area contributed by atoms with Gasteiger partial charge in [-0.1, -0.05) is 41.9 Å². The van der Waals surface area contributed by atoms with Gasteiger partial charge in [0.2, 0.25) is 0 Å². The molecule has 0 aliphatic heterocycles. The Kier molecular flexibility index (Phi) is 4.56. The van der Waals surface area contributed by atoms with E-state index in [4.69, 9.17) is 11.6 Å². The highest BCUT2D eigenvalue weighted by Gasteiger charge is 2.08. The van der Waals surface area contributed by atoms with E-state index in [1.165, 1.54) is 5.56 Å². The van der Waals surface area contributed by atoms with Crippen LogP contribution in [-0.2, 0) is 6.42 Å². The number of aryl methyl sites for hydroxylation is 1. The van der Waals surface area contributed by atoms with Crippen LogP contribution in [0.1, 0.15) is 22.3 Å². The van der Waals surface area contributed by atoms with Crippen molar-refractivity contribution < 1.29 is 4.79 Å². The number of carbonyl (C=O) groups excluding carboxylic acids is 1. The lowest BCUT2D eigenvalue weighted by molar-refractivity contribution is 0.0983. The molecule has 2 aromatic rings. The second-order valence-electron chi connectivity index (χ2n) is 4.04. The third-order valence-electron chi connectivity index (χ3n) is 2.73. The van der Waals surface area contributed by atoms with E-state index in [2.05, 4.69) is 15.9 Å². The predicted molar refractivity (Wildman–Crippen MR) is 78.2 cm³/mol. The molecule has 0 heterocycles. The lowest BCUT2D eigenvalue weighted by Crippen LogP contribution is -2.01. The third-order valence-corrected chi connectivity index (χ3v) is 3.94. The average Bonchev–Trinajstić information content (AvgIpc) is 2.40. The van der Waals surface area contributed by atoms with Gasteiger partial charge in [-0.25, -0.2) is 0 Å². The van der Waals surface area contributed by atoms with Crippen molar-refractivity contribution in [3.05, 3.63) is 69.2 Å². The van der Waals surface area contributed by atoms with Crippen LogP contribution in [-0.4, -0.2) is 5.78 Å². The molecular weight excluding hydrogens is 312 g/mol. The predicted octanol–water partition coefficient (Wildman–Crippen LogP) is 4.92. The SMILES string of the molecule is O=C(CCc1ccccc1)c1ccc(Cl)c(Br)c1. The molecule has 0 radical (unpaired) electrons. The highest BCUT2D eigenvalue weighted by molar-refractivity contribution is 9.10. The Hall–Kier alpha value is -1.12. The summed E-state index contributed by atoms with van der Waals surface area (Å²) in [6, 6.07) is 15.3. The first kappa shape index (κ1) is 13.3. The van der Waals surface area contributed by atoms with Crippen molar-refractivity contribution in [2.45, 2.75) is 12.8 Å². The second-order valence-corrected chi connectivity index (χ2v) is 5.30. The fourth-order valence-corrected chi connectivity index (χ4v) is 2.21. The summed E-state index contributed by atoms with van der Waals surface area (Å²) in [6.45, 7) is 0. The van der Waals surface area contributed by atoms with Crippen LogP contribution in [0.25, 0.3) is 0 Å². The molecule has 0 saturated carbocycles. The lowest BCUT2D eigenvalue weighted by atomic mass is 10.0. The standard InChI is InChI=1S/C15H12BrClO/c16-13-10-12(7-8-14(13)17)15(18)9-6-11-4-2-1-3-5-11/h1-5,7-8,10H,6,9H2. The molecule has 0 amide bonds. The van der Waals surface area contributed by atoms with Gasteiger partial charge in [-0.15, -0.1) is 0 Å². The fourth-order valence-electron chi connectivity index (χ4n) is 1.72. The number of hydrogen-bond donors (Lipinski definition) is 0. The molecule has 0 saturated heterocycles. The summed E-state index contributed by atoms with van der Waals surface area (Å²) in [6.07, 6.45) is 1.28. The molecule has 2 rings (SSSR count). The molecule has 0 aromatic heterocycles. The summed E-state index contributed by atoms with van der Waals surface area (Å²) in [5.74, 6) is 0.135. The maximum Gasteiger partial charge on any atom is 0.163 e. The number of Topliss-reactive ketones (excluding diaryl/α,β-unsaturated/α-hetero) is 1. The monoisotopic (exact) mass is 322 g/mol. The number of carbonyl (C=O) groups is 1. The van der Waals surface area contributed by atoms with Crippen LogP contribution in [0, 0.1) is 0 Å². The van der Waals surface area contributed by atoms with Crippen molar-refractivity contribution in [3.8, 4) is 0 Å². The van der Waals surface area contributed by atoms with Crippen LogP contribution < -0.4 is 0 Å². The molecule has 92 valence electrons. The summed E-state index contributed by atoms with van der Waals surface area (Å²) in [4.78, 5) is 12.0. The van der Waals surface area contributed by atoms with Gasteiger partial charge in [0.1, 0.15) is 0 Å². The molecule has 1 nitrogen and oxygen atoms in total. The van der Waals surface area contributed by atoms with Gasteiger partial charge in [0.15, 0.2) is 5.78 Å². The summed E-state index contributed by atoms with van der Waals surface area (Å²) >= 11 is 9.23. The zero-order valence-corrected chi connectivity index (χ0v) is 12.0. The number of rotatable bonds is 4. The molecule has 0 unspecified atom stereocenters. The molecule has 0 aliphatic carbocycles. The van der Waals surface area contributed by atoms with Gasteiger partial charge in [0, 0.05) is 16.5 Å². The number of benzene rings is 2. The Morgan fingerprint density at radius 1 is 1.11 bits per heavy atom. The lowest BCUT2D eigenvalue weighted by Gasteiger charge is -2.03. The van der Waals surface area contributed by atoms with Crippen LogP contribution in [0.3, 0.4) is 0 Å². The quantitative estimate of drug-likeness (QED) is 0.730. The first-order valence-electron chi connectivity index (χ1n) is 5.69. The van der Waals surface area contributed by atoms with Crippen LogP contribution in [0.2, 0.25) is 5.02 Å². The first-order chi connectivity index (χ1) is 8.66. The van der Waals surface area contributed by atoms with Crippen LogP contribution in [0.5, 0.6) is 0 Å². The van der Waals surface area contributed by atoms with E-state index in [0.717, 1.165) is 10.9 Å². The number of halogens is 2. The van der Waals surface area contributed by atoms with Crippen molar-refractivity contribution in [2.75, 3.05) is 0 Å². The van der Waals surface area contributed by atoms with Gasteiger partial charge in [-0.05, 0) is 46.1 Å². The van der Waals surface area contributed by atoms with E-state index in [1.807, 2.05) is 30.3 Å². The normalized spacial score (nSPS) is 10.3. The molecule has 0 fully saturated rings. The highest BCUT2D eigenvalue weighted by atomic mass is 79.9. The van der Waals surface area contributed by atoms with Gasteiger partial charge in [-0.2, -0.15) is 0 Å². The first-order valence-corrected chi connectivity index (χ1v) is 6.86. The summed E-state index contributed by atoms with van der Waals surface area (Å²) < 4.78 is 0.759. The van der Waals surface area contributed by atoms with Gasteiger partial charge in [-0.3, -0.25) is 4.79 Å². The minimum atomic E-state index is 0.135. The van der Waals surface area contributed by atoms with Crippen LogP contribution in [0.15, 0.2) is 53.0 Å². The van der Waals surface area contributed by atoms with Gasteiger partial charge in [0.25, 0.3) is 0 Å². The Labute approximate surface area is 120 Å². The molecule has 0 aliphatic rings. The fraction of sp³-hybridized carbons (Fsp3) is 0.133. The zero-order valence-electron chi connectivity index (χ0n) is 9.70. The molecule has 0 atom stereocenters. The van der Waals surface area contributed by atoms with Gasteiger partial charge >= 0.3 is 0 Å². The van der Waals surface area contributed by atoms with E-state index in [0.29, 0.717) is 17.0 Å². The maximum atomic E-state index is 12.0. The van der Waals surface area contributed by atoms with Crippen molar-refractivity contribution in [2.24, 2.45) is 0 Å². The third kappa shape index (κ3) is 3.44. The smallest absolute Gasteiger partial charge is 0.163 e. The second kappa shape index (κ2) is 6.17. The van der Waals surface area contributed by atoms with E-state index in [1.54, 1.807) is 18.2 Å². The Morgan fingerprint density at radius 2 is 1.83 bits per heavy atom. The van der Waals surface area contributed by atoms with E-state index >= 15 is 0 Å². The van der Waals surface area contributed by atoms with Crippen LogP contribution in [0.4, 0.5) is 0 Å². The molecule has 0 bridgehead atoms. The number of ketones is 1. The van der Waals surface area contributed by atoms with Crippen molar-refractivity contribution in [1.82, 2.24) is 0 Å². The molecule has 0 spiro atoms. The van der Waals surface area contributed by atoms with E-state index < -0.39 is 0 Å². The molecule has 2 aromatic carbocycles. The summed E-state index contributed by atoms with van der Waals surface area (Å²) in [5, 5.41) is 0.620. The zero-order chi connectivity index (χ0) is 13.0. The van der Waals surface area contributed by atoms with E-state index in [9.17, 15) is 4.79 Å². The Bertz CT molecular complexity index is 552. The highest BCUT2D eigenvalue weighted by Crippen LogP contribution is 2.24. The topological polar surface area (TPSA) is 17.1 Å². The summed E-state index contributed by atoms with van der Waals surface area (Å²) in [5.41, 5.74) is 1.88. The van der Waals surface area contributed by atoms with Gasteiger partial charge < -0.3 is 0 Å². The largest absolute Gasteiger partial charge is 0.294 e. The maximum absolute atomic E-state index is 12.0. The van der Waals surface area contributed by atoms with Crippen molar-refractivity contribution >= 4 is 33.3 Å². The van der Waals surface area contributed by atoms with Crippen molar-refractivity contribution in [1.29, 1.82) is 0 Å². The molecule has 0 N–H and O–H groups in total. The molecule has 3 heteroatoms. The number of hydrogen-bond acceptors (Lipinski definition) is 1. The Balaban J connectivity index is 2.02. The average molecular weight is 324 g/mol. The van der Waals surface area contributed by atoms with Gasteiger partial charge in [0.05, 0.1) is 5.02 Å². The Morgan fingerprint density at radius 3 is 2.50 bits per heavy atom. The minimum absolute atomic E-state index is 0.135. The summed E-state index contributed by atoms with van der Waals surface area (Å²) in [7, 11) is 0.